The van der Waals surface area contributed by atoms with Crippen LogP contribution in [0.4, 0.5) is 5.69 Å². The Hall–Kier alpha value is -4.09. The van der Waals surface area contributed by atoms with E-state index in [-0.39, 0.29) is 23.4 Å². The summed E-state index contributed by atoms with van der Waals surface area (Å²) in [7, 11) is 1.45. The van der Waals surface area contributed by atoms with E-state index in [4.69, 9.17) is 0 Å². The first-order valence-electron chi connectivity index (χ1n) is 8.00. The van der Waals surface area contributed by atoms with Gasteiger partial charge in [0.05, 0.1) is 17.0 Å². The molecule has 2 heterocycles. The number of aromatic nitrogens is 4. The summed E-state index contributed by atoms with van der Waals surface area (Å²) in [6.45, 7) is 1.39. The number of aromatic amines is 1. The van der Waals surface area contributed by atoms with E-state index in [1.807, 2.05) is 0 Å². The Morgan fingerprint density at radius 1 is 1.32 bits per heavy atom. The maximum Gasteiger partial charge on any atom is 0.329 e. The van der Waals surface area contributed by atoms with E-state index in [2.05, 4.69) is 20.5 Å². The van der Waals surface area contributed by atoms with Crippen LogP contribution in [0.2, 0.25) is 0 Å². The number of carbonyl (C=O) groups excluding carboxylic acids is 1. The summed E-state index contributed by atoms with van der Waals surface area (Å²) in [5.41, 5.74) is 2.35. The number of H-pyrrole nitrogens is 1. The zero-order valence-electron chi connectivity index (χ0n) is 14.9. The fraction of sp³-hybridized carbons (Fsp3) is 0.188. The molecular weight excluding hydrogens is 370 g/mol. The lowest BCUT2D eigenvalue weighted by Gasteiger charge is -2.05. The highest BCUT2D eigenvalue weighted by molar-refractivity contribution is 5.99. The van der Waals surface area contributed by atoms with E-state index < -0.39 is 22.1 Å². The van der Waals surface area contributed by atoms with Gasteiger partial charge in [-0.3, -0.25) is 29.3 Å². The van der Waals surface area contributed by atoms with Crippen LogP contribution in [0.15, 0.2) is 45.3 Å². The Balaban J connectivity index is 1.75. The molecule has 0 aliphatic rings. The standard InChI is InChI=1S/C16H15N7O5/c1-9(10-3-5-11(6-4-10)23(27)28)19-20-12(24)7-22-8-17-14-13(22)15(25)18-16(26)21(14)2/h3-6,8H,7H2,1-2H3,(H,20,24)(H,18,25,26). The van der Waals surface area contributed by atoms with Crippen molar-refractivity contribution in [3.05, 3.63) is 67.1 Å². The number of nitrogens with zero attached hydrogens (tertiary/aromatic N) is 5. The van der Waals surface area contributed by atoms with Crippen LogP contribution >= 0.6 is 0 Å². The molecular formula is C16H15N7O5. The molecule has 0 aliphatic heterocycles. The van der Waals surface area contributed by atoms with Gasteiger partial charge in [-0.1, -0.05) is 0 Å². The van der Waals surface area contributed by atoms with Gasteiger partial charge in [0.2, 0.25) is 0 Å². The minimum atomic E-state index is -0.644. The molecule has 0 saturated carbocycles. The second-order valence-electron chi connectivity index (χ2n) is 5.90. The van der Waals surface area contributed by atoms with Crippen molar-refractivity contribution in [2.24, 2.45) is 12.1 Å². The Morgan fingerprint density at radius 3 is 2.64 bits per heavy atom. The van der Waals surface area contributed by atoms with E-state index in [1.165, 1.54) is 46.8 Å². The van der Waals surface area contributed by atoms with Crippen LogP contribution in [-0.4, -0.2) is 35.6 Å². The molecule has 0 atom stereocenters. The van der Waals surface area contributed by atoms with E-state index in [0.717, 1.165) is 0 Å². The molecule has 0 unspecified atom stereocenters. The molecule has 0 bridgehead atoms. The maximum absolute atomic E-state index is 12.2. The monoisotopic (exact) mass is 385 g/mol. The first kappa shape index (κ1) is 18.7. The predicted molar refractivity (Wildman–Crippen MR) is 99.0 cm³/mol. The van der Waals surface area contributed by atoms with Gasteiger partial charge in [0.25, 0.3) is 17.2 Å². The number of imidazole rings is 1. The minimum absolute atomic E-state index is 0.0489. The number of nitro benzene ring substituents is 1. The number of hydrogen-bond acceptors (Lipinski definition) is 7. The van der Waals surface area contributed by atoms with Crippen LogP contribution in [0.1, 0.15) is 12.5 Å². The molecule has 1 aromatic carbocycles. The highest BCUT2D eigenvalue weighted by Crippen LogP contribution is 2.12. The Labute approximate surface area is 156 Å². The summed E-state index contributed by atoms with van der Waals surface area (Å²) in [6.07, 6.45) is 1.28. The van der Waals surface area contributed by atoms with Crippen LogP contribution in [0.25, 0.3) is 11.2 Å². The van der Waals surface area contributed by atoms with Gasteiger partial charge < -0.3 is 4.57 Å². The van der Waals surface area contributed by atoms with Crippen molar-refractivity contribution in [2.75, 3.05) is 0 Å². The smallest absolute Gasteiger partial charge is 0.315 e. The van der Waals surface area contributed by atoms with Crippen LogP contribution in [0.3, 0.4) is 0 Å². The molecule has 28 heavy (non-hydrogen) atoms. The summed E-state index contributed by atoms with van der Waals surface area (Å²) in [6, 6.07) is 5.72. The van der Waals surface area contributed by atoms with E-state index in [1.54, 1.807) is 6.92 Å². The van der Waals surface area contributed by atoms with Crippen molar-refractivity contribution in [3.8, 4) is 0 Å². The normalized spacial score (nSPS) is 11.6. The Kier molecular flexibility index (Phi) is 4.85. The lowest BCUT2D eigenvalue weighted by Crippen LogP contribution is -2.30. The number of hydrazone groups is 1. The summed E-state index contributed by atoms with van der Waals surface area (Å²) in [5, 5.41) is 14.6. The molecule has 3 rings (SSSR count). The average Bonchev–Trinajstić information content (AvgIpc) is 3.08. The lowest BCUT2D eigenvalue weighted by molar-refractivity contribution is -0.384. The Bertz CT molecular complexity index is 1220. The fourth-order valence-corrected chi connectivity index (χ4v) is 2.53. The van der Waals surface area contributed by atoms with Crippen LogP contribution in [-0.2, 0) is 18.4 Å². The third-order valence-corrected chi connectivity index (χ3v) is 4.03. The van der Waals surface area contributed by atoms with Crippen molar-refractivity contribution < 1.29 is 9.72 Å². The number of nitrogens with one attached hydrogen (secondary N) is 2. The topological polar surface area (TPSA) is 157 Å². The van der Waals surface area contributed by atoms with Gasteiger partial charge in [-0.15, -0.1) is 0 Å². The number of carbonyl (C=O) groups is 1. The molecule has 12 heteroatoms. The third kappa shape index (κ3) is 3.56. The van der Waals surface area contributed by atoms with Gasteiger partial charge in [0, 0.05) is 19.2 Å². The molecule has 1 amide bonds. The number of nitro groups is 1. The van der Waals surface area contributed by atoms with Gasteiger partial charge in [-0.25, -0.2) is 15.2 Å². The molecule has 0 spiro atoms. The highest BCUT2D eigenvalue weighted by atomic mass is 16.6. The van der Waals surface area contributed by atoms with Gasteiger partial charge in [-0.2, -0.15) is 5.10 Å². The van der Waals surface area contributed by atoms with Crippen molar-refractivity contribution >= 4 is 28.5 Å². The minimum Gasteiger partial charge on any atom is -0.315 e. The second kappa shape index (κ2) is 7.26. The molecule has 3 aromatic rings. The summed E-state index contributed by atoms with van der Waals surface area (Å²) in [4.78, 5) is 52.1. The number of fused-ring (bicyclic) bond motifs is 1. The van der Waals surface area contributed by atoms with Crippen molar-refractivity contribution in [1.29, 1.82) is 0 Å². The highest BCUT2D eigenvalue weighted by Gasteiger charge is 2.13. The number of aryl methyl sites for hydroxylation is 1. The number of hydrogen-bond donors (Lipinski definition) is 2. The molecule has 12 nitrogen and oxygen atoms in total. The Morgan fingerprint density at radius 2 is 2.00 bits per heavy atom. The van der Waals surface area contributed by atoms with Gasteiger partial charge in [0.1, 0.15) is 6.54 Å². The first-order valence-corrected chi connectivity index (χ1v) is 8.00. The first-order chi connectivity index (χ1) is 13.3. The van der Waals surface area contributed by atoms with Crippen molar-refractivity contribution in [1.82, 2.24) is 24.5 Å². The molecule has 0 fully saturated rings. The average molecular weight is 385 g/mol. The summed E-state index contributed by atoms with van der Waals surface area (Å²) >= 11 is 0. The number of amides is 1. The summed E-state index contributed by atoms with van der Waals surface area (Å²) in [5.74, 6) is -0.520. The second-order valence-corrected chi connectivity index (χ2v) is 5.90. The van der Waals surface area contributed by atoms with Gasteiger partial charge in [0.15, 0.2) is 11.2 Å². The third-order valence-electron chi connectivity index (χ3n) is 4.03. The van der Waals surface area contributed by atoms with E-state index in [9.17, 15) is 24.5 Å². The van der Waals surface area contributed by atoms with Gasteiger partial charge in [-0.05, 0) is 24.6 Å². The molecule has 0 saturated heterocycles. The van der Waals surface area contributed by atoms with Crippen molar-refractivity contribution in [2.45, 2.75) is 13.5 Å². The molecule has 2 aromatic heterocycles. The van der Waals surface area contributed by atoms with Crippen LogP contribution in [0, 0.1) is 10.1 Å². The van der Waals surface area contributed by atoms with E-state index >= 15 is 0 Å². The zero-order chi connectivity index (χ0) is 20.4. The SMILES string of the molecule is CC(=NNC(=O)Cn1cnc2c1c(=O)[nH]c(=O)n2C)c1ccc([N+](=O)[O-])cc1. The molecule has 0 radical (unpaired) electrons. The lowest BCUT2D eigenvalue weighted by atomic mass is 10.1. The number of rotatable bonds is 5. The van der Waals surface area contributed by atoms with Crippen LogP contribution < -0.4 is 16.7 Å². The largest absolute Gasteiger partial charge is 0.329 e. The summed E-state index contributed by atoms with van der Waals surface area (Å²) < 4.78 is 2.47. The molecule has 144 valence electrons. The number of non-ortho nitro benzene ring substituents is 1. The quantitative estimate of drug-likeness (QED) is 0.354. The predicted octanol–water partition coefficient (Wildman–Crippen LogP) is -0.128. The molecule has 2 N–H and O–H groups in total. The van der Waals surface area contributed by atoms with Crippen molar-refractivity contribution in [3.63, 3.8) is 0 Å². The van der Waals surface area contributed by atoms with E-state index in [0.29, 0.717) is 11.3 Å². The zero-order valence-corrected chi connectivity index (χ0v) is 14.9. The van der Waals surface area contributed by atoms with Gasteiger partial charge >= 0.3 is 5.69 Å². The maximum atomic E-state index is 12.2. The fourth-order valence-electron chi connectivity index (χ4n) is 2.53. The van der Waals surface area contributed by atoms with Crippen LogP contribution in [0.5, 0.6) is 0 Å². The number of benzene rings is 1. The molecule has 0 aliphatic carbocycles.